The lowest BCUT2D eigenvalue weighted by Gasteiger charge is -2.17. The summed E-state index contributed by atoms with van der Waals surface area (Å²) in [7, 11) is 1.45. The number of anilines is 1. The molecule has 1 aliphatic heterocycles. The minimum Gasteiger partial charge on any atom is -0.497 e. The number of azide groups is 1. The zero-order valence-electron chi connectivity index (χ0n) is 11.3. The van der Waals surface area contributed by atoms with Gasteiger partial charge in [0, 0.05) is 36.6 Å². The number of nitro groups is 1. The molecule has 0 N–H and O–H groups in total. The molecule has 1 atom stereocenters. The van der Waals surface area contributed by atoms with E-state index >= 15 is 0 Å². The predicted octanol–water partition coefficient (Wildman–Crippen LogP) is 2.27. The summed E-state index contributed by atoms with van der Waals surface area (Å²) in [6.07, 6.45) is 0.202. The maximum atomic E-state index is 12.1. The molecule has 1 saturated heterocycles. The van der Waals surface area contributed by atoms with E-state index in [1.807, 2.05) is 0 Å². The molecule has 9 heteroatoms. The molecular formula is C12H13N5O4. The van der Waals surface area contributed by atoms with Crippen LogP contribution in [0.2, 0.25) is 0 Å². The fraction of sp³-hybridized carbons (Fsp3) is 0.417. The summed E-state index contributed by atoms with van der Waals surface area (Å²) in [5.74, 6) is 0.0607. The van der Waals surface area contributed by atoms with Crippen molar-refractivity contribution in [3.63, 3.8) is 0 Å². The first-order chi connectivity index (χ1) is 10.1. The second-order valence-corrected chi connectivity index (χ2v) is 4.60. The molecule has 1 aromatic rings. The molecule has 21 heavy (non-hydrogen) atoms. The monoisotopic (exact) mass is 291 g/mol. The van der Waals surface area contributed by atoms with Gasteiger partial charge in [-0.2, -0.15) is 0 Å². The van der Waals surface area contributed by atoms with Crippen LogP contribution in [-0.2, 0) is 4.79 Å². The van der Waals surface area contributed by atoms with Gasteiger partial charge in [0.15, 0.2) is 0 Å². The second-order valence-electron chi connectivity index (χ2n) is 4.60. The lowest BCUT2D eigenvalue weighted by Crippen LogP contribution is -2.25. The van der Waals surface area contributed by atoms with Gasteiger partial charge in [-0.15, -0.1) is 0 Å². The summed E-state index contributed by atoms with van der Waals surface area (Å²) in [5, 5.41) is 14.5. The molecule has 1 aliphatic rings. The van der Waals surface area contributed by atoms with Crippen molar-refractivity contribution < 1.29 is 14.5 Å². The van der Waals surface area contributed by atoms with Crippen molar-refractivity contribution in [2.24, 2.45) is 11.0 Å². The molecule has 0 saturated carbocycles. The van der Waals surface area contributed by atoms with E-state index < -0.39 is 4.92 Å². The number of carbonyl (C=O) groups excluding carboxylic acids is 1. The number of hydrogen-bond acceptors (Lipinski definition) is 5. The molecule has 2 rings (SSSR count). The number of amides is 1. The van der Waals surface area contributed by atoms with E-state index in [-0.39, 0.29) is 42.7 Å². The van der Waals surface area contributed by atoms with Gasteiger partial charge in [-0.3, -0.25) is 14.9 Å². The molecule has 1 fully saturated rings. The van der Waals surface area contributed by atoms with Gasteiger partial charge in [0.1, 0.15) is 11.4 Å². The molecular weight excluding hydrogens is 278 g/mol. The molecule has 110 valence electrons. The van der Waals surface area contributed by atoms with Crippen molar-refractivity contribution in [1.82, 2.24) is 0 Å². The molecule has 0 aromatic heterocycles. The highest BCUT2D eigenvalue weighted by Crippen LogP contribution is 2.35. The summed E-state index contributed by atoms with van der Waals surface area (Å²) < 4.78 is 5.05. The van der Waals surface area contributed by atoms with Crippen molar-refractivity contribution in [3.05, 3.63) is 38.8 Å². The molecule has 1 aromatic carbocycles. The fourth-order valence-electron chi connectivity index (χ4n) is 2.29. The van der Waals surface area contributed by atoms with Crippen LogP contribution in [0.25, 0.3) is 10.4 Å². The van der Waals surface area contributed by atoms with Gasteiger partial charge in [0.05, 0.1) is 12.0 Å². The summed E-state index contributed by atoms with van der Waals surface area (Å²) in [6.45, 7) is 0.475. The van der Waals surface area contributed by atoms with Crippen LogP contribution in [0.15, 0.2) is 23.3 Å². The van der Waals surface area contributed by atoms with Gasteiger partial charge in [0.25, 0.3) is 5.69 Å². The number of carbonyl (C=O) groups is 1. The van der Waals surface area contributed by atoms with Crippen molar-refractivity contribution >= 4 is 17.3 Å². The van der Waals surface area contributed by atoms with Crippen molar-refractivity contribution in [2.75, 3.05) is 25.1 Å². The molecule has 0 aliphatic carbocycles. The van der Waals surface area contributed by atoms with E-state index in [0.717, 1.165) is 0 Å². The number of hydrogen-bond donors (Lipinski definition) is 0. The van der Waals surface area contributed by atoms with Gasteiger partial charge in [0.2, 0.25) is 5.91 Å². The maximum Gasteiger partial charge on any atom is 0.293 e. The standard InChI is InChI=1S/C12H13N5O4/c1-21-9-2-3-10(17(19)20)11(5-9)16-7-8(4-12(16)18)6-14-15-13/h2-3,5,8H,4,6-7H2,1H3. The molecule has 0 spiro atoms. The molecule has 1 heterocycles. The first-order valence-electron chi connectivity index (χ1n) is 6.20. The predicted molar refractivity (Wildman–Crippen MR) is 74.1 cm³/mol. The zero-order valence-corrected chi connectivity index (χ0v) is 11.3. The SMILES string of the molecule is COc1ccc([N+](=O)[O-])c(N2CC(CN=[N+]=[N-])CC2=O)c1. The number of ether oxygens (including phenoxy) is 1. The van der Waals surface area contributed by atoms with Crippen molar-refractivity contribution in [1.29, 1.82) is 0 Å². The van der Waals surface area contributed by atoms with Crippen molar-refractivity contribution in [2.45, 2.75) is 6.42 Å². The van der Waals surface area contributed by atoms with Crippen LogP contribution in [0.1, 0.15) is 6.42 Å². The average Bonchev–Trinajstić information content (AvgIpc) is 2.85. The number of methoxy groups -OCH3 is 1. The molecule has 1 amide bonds. The Bertz CT molecular complexity index is 626. The number of nitrogens with zero attached hydrogens (tertiary/aromatic N) is 5. The Kier molecular flexibility index (Phi) is 4.24. The summed E-state index contributed by atoms with van der Waals surface area (Å²) in [6, 6.07) is 4.24. The first-order valence-corrected chi connectivity index (χ1v) is 6.20. The van der Waals surface area contributed by atoms with E-state index in [2.05, 4.69) is 10.0 Å². The Balaban J connectivity index is 2.34. The average molecular weight is 291 g/mol. The van der Waals surface area contributed by atoms with Gasteiger partial charge in [-0.25, -0.2) is 0 Å². The van der Waals surface area contributed by atoms with E-state index in [1.165, 1.54) is 30.2 Å². The van der Waals surface area contributed by atoms with Crippen LogP contribution in [0.5, 0.6) is 5.75 Å². The number of rotatable bonds is 5. The summed E-state index contributed by atoms with van der Waals surface area (Å²) in [5.41, 5.74) is 8.36. The molecule has 0 radical (unpaired) electrons. The van der Waals surface area contributed by atoms with Crippen LogP contribution in [0.3, 0.4) is 0 Å². The maximum absolute atomic E-state index is 12.1. The largest absolute Gasteiger partial charge is 0.497 e. The van der Waals surface area contributed by atoms with E-state index in [4.69, 9.17) is 10.3 Å². The summed E-state index contributed by atoms with van der Waals surface area (Å²) in [4.78, 5) is 26.6. The normalized spacial score (nSPS) is 17.5. The highest BCUT2D eigenvalue weighted by Gasteiger charge is 2.34. The third kappa shape index (κ3) is 3.03. The van der Waals surface area contributed by atoms with Crippen LogP contribution in [0.4, 0.5) is 11.4 Å². The van der Waals surface area contributed by atoms with Gasteiger partial charge < -0.3 is 9.64 Å². The Morgan fingerprint density at radius 2 is 2.38 bits per heavy atom. The Hall–Kier alpha value is -2.80. The smallest absolute Gasteiger partial charge is 0.293 e. The van der Waals surface area contributed by atoms with Crippen LogP contribution in [-0.4, -0.2) is 31.0 Å². The topological polar surface area (TPSA) is 121 Å². The van der Waals surface area contributed by atoms with Gasteiger partial charge in [-0.05, 0) is 17.5 Å². The highest BCUT2D eigenvalue weighted by atomic mass is 16.6. The van der Waals surface area contributed by atoms with E-state index in [9.17, 15) is 14.9 Å². The Labute approximate surface area is 119 Å². The highest BCUT2D eigenvalue weighted by molar-refractivity contribution is 5.98. The number of nitro benzene ring substituents is 1. The lowest BCUT2D eigenvalue weighted by atomic mass is 10.1. The van der Waals surface area contributed by atoms with E-state index in [0.29, 0.717) is 5.75 Å². The first kappa shape index (κ1) is 14.6. The van der Waals surface area contributed by atoms with Gasteiger partial charge >= 0.3 is 0 Å². The van der Waals surface area contributed by atoms with Gasteiger partial charge in [-0.1, -0.05) is 5.11 Å². The molecule has 0 bridgehead atoms. The van der Waals surface area contributed by atoms with Crippen LogP contribution >= 0.6 is 0 Å². The molecule has 9 nitrogen and oxygen atoms in total. The number of benzene rings is 1. The lowest BCUT2D eigenvalue weighted by molar-refractivity contribution is -0.384. The molecule has 1 unspecified atom stereocenters. The minimum atomic E-state index is -0.539. The second kappa shape index (κ2) is 6.10. The van der Waals surface area contributed by atoms with E-state index in [1.54, 1.807) is 0 Å². The summed E-state index contributed by atoms with van der Waals surface area (Å²) >= 11 is 0. The third-order valence-electron chi connectivity index (χ3n) is 3.28. The fourth-order valence-corrected chi connectivity index (χ4v) is 2.29. The zero-order chi connectivity index (χ0) is 15.4. The minimum absolute atomic E-state index is 0.140. The van der Waals surface area contributed by atoms with Crippen molar-refractivity contribution in [3.8, 4) is 5.75 Å². The Morgan fingerprint density at radius 3 is 3.00 bits per heavy atom. The third-order valence-corrected chi connectivity index (χ3v) is 3.28. The quantitative estimate of drug-likeness (QED) is 0.271. The van der Waals surface area contributed by atoms with Crippen LogP contribution < -0.4 is 9.64 Å². The Morgan fingerprint density at radius 1 is 1.62 bits per heavy atom. The van der Waals surface area contributed by atoms with Crippen LogP contribution in [0, 0.1) is 16.0 Å².